The minimum absolute atomic E-state index is 1.07. The lowest BCUT2D eigenvalue weighted by Gasteiger charge is -2.34. The van der Waals surface area contributed by atoms with Crippen molar-refractivity contribution in [3.63, 3.8) is 0 Å². The number of hydrogen-bond donors (Lipinski definition) is 2. The summed E-state index contributed by atoms with van der Waals surface area (Å²) in [6.45, 7) is 16.3. The van der Waals surface area contributed by atoms with E-state index in [1.165, 1.54) is 45.7 Å². The van der Waals surface area contributed by atoms with E-state index in [9.17, 15) is 0 Å². The summed E-state index contributed by atoms with van der Waals surface area (Å²) in [7, 11) is 0. The highest BCUT2D eigenvalue weighted by atomic mass is 15.3. The van der Waals surface area contributed by atoms with Crippen LogP contribution < -0.4 is 10.6 Å². The molecule has 0 spiro atoms. The highest BCUT2D eigenvalue weighted by Gasteiger charge is 2.14. The van der Waals surface area contributed by atoms with Crippen LogP contribution in [0, 0.1) is 0 Å². The fraction of sp³-hybridized carbons (Fsp3) is 1.00. The van der Waals surface area contributed by atoms with E-state index in [1.807, 2.05) is 0 Å². The molecule has 2 N–H and O–H groups in total. The lowest BCUT2D eigenvalue weighted by atomic mass is 10.3. The molecule has 17 heavy (non-hydrogen) atoms. The maximum Gasteiger partial charge on any atom is 0.0110 e. The van der Waals surface area contributed by atoms with Crippen LogP contribution in [0.5, 0.6) is 0 Å². The molecule has 0 saturated carbocycles. The molecular weight excluding hydrogens is 212 g/mol. The average Bonchev–Trinajstić information content (AvgIpc) is 2.36. The van der Waals surface area contributed by atoms with Crippen molar-refractivity contribution in [1.29, 1.82) is 0 Å². The van der Waals surface area contributed by atoms with Crippen molar-refractivity contribution in [3.05, 3.63) is 0 Å². The molecule has 4 heteroatoms. The van der Waals surface area contributed by atoms with Gasteiger partial charge in [0.05, 0.1) is 0 Å². The second-order valence-electron chi connectivity index (χ2n) is 4.79. The second-order valence-corrected chi connectivity index (χ2v) is 4.79. The number of rotatable bonds is 9. The van der Waals surface area contributed by atoms with Crippen LogP contribution >= 0.6 is 0 Å². The predicted molar refractivity (Wildman–Crippen MR) is 74.6 cm³/mol. The maximum absolute atomic E-state index is 3.49. The summed E-state index contributed by atoms with van der Waals surface area (Å²) >= 11 is 0. The van der Waals surface area contributed by atoms with Crippen LogP contribution in [-0.4, -0.2) is 75.2 Å². The number of nitrogens with zero attached hydrogens (tertiary/aromatic N) is 2. The van der Waals surface area contributed by atoms with Gasteiger partial charge >= 0.3 is 0 Å². The molecule has 102 valence electrons. The zero-order valence-electron chi connectivity index (χ0n) is 11.7. The molecule has 1 aliphatic rings. The fourth-order valence-electron chi connectivity index (χ4n) is 2.27. The smallest absolute Gasteiger partial charge is 0.0110 e. The van der Waals surface area contributed by atoms with Crippen LogP contribution in [0.1, 0.15) is 20.3 Å². The van der Waals surface area contributed by atoms with E-state index in [2.05, 4.69) is 34.3 Å². The van der Waals surface area contributed by atoms with Crippen molar-refractivity contribution in [2.45, 2.75) is 20.3 Å². The molecule has 1 heterocycles. The molecular formula is C13H30N4. The predicted octanol–water partition coefficient (Wildman–Crippen LogP) is 0.213. The van der Waals surface area contributed by atoms with Crippen molar-refractivity contribution in [2.75, 3.05) is 65.4 Å². The van der Waals surface area contributed by atoms with Gasteiger partial charge in [0.25, 0.3) is 0 Å². The Morgan fingerprint density at radius 1 is 0.765 bits per heavy atom. The van der Waals surface area contributed by atoms with Crippen LogP contribution in [0.2, 0.25) is 0 Å². The number of likely N-dealkylation sites (N-methyl/N-ethyl adjacent to an activating group) is 1. The van der Waals surface area contributed by atoms with E-state index in [-0.39, 0.29) is 0 Å². The number of hydrogen-bond acceptors (Lipinski definition) is 4. The van der Waals surface area contributed by atoms with Crippen molar-refractivity contribution >= 4 is 0 Å². The molecule has 0 amide bonds. The molecule has 0 unspecified atom stereocenters. The Bertz CT molecular complexity index is 167. The highest BCUT2D eigenvalue weighted by molar-refractivity contribution is 4.72. The van der Waals surface area contributed by atoms with Gasteiger partial charge in [-0.15, -0.1) is 0 Å². The first-order valence-corrected chi connectivity index (χ1v) is 7.23. The Balaban J connectivity index is 1.91. The van der Waals surface area contributed by atoms with Gasteiger partial charge in [-0.3, -0.25) is 4.90 Å². The van der Waals surface area contributed by atoms with Crippen LogP contribution in [0.15, 0.2) is 0 Å². The minimum Gasteiger partial charge on any atom is -0.316 e. The van der Waals surface area contributed by atoms with Crippen molar-refractivity contribution in [2.24, 2.45) is 0 Å². The molecule has 1 aliphatic heterocycles. The van der Waals surface area contributed by atoms with Crippen molar-refractivity contribution in [3.8, 4) is 0 Å². The summed E-state index contributed by atoms with van der Waals surface area (Å²) in [5.74, 6) is 0. The molecule has 1 saturated heterocycles. The van der Waals surface area contributed by atoms with Crippen LogP contribution in [0.3, 0.4) is 0 Å². The summed E-state index contributed by atoms with van der Waals surface area (Å²) in [4.78, 5) is 5.15. The molecule has 0 radical (unpaired) electrons. The summed E-state index contributed by atoms with van der Waals surface area (Å²) in [6.07, 6.45) is 1.28. The quantitative estimate of drug-likeness (QED) is 0.566. The van der Waals surface area contributed by atoms with Gasteiger partial charge in [0.15, 0.2) is 0 Å². The highest BCUT2D eigenvalue weighted by Crippen LogP contribution is 2.01. The van der Waals surface area contributed by atoms with Gasteiger partial charge in [-0.1, -0.05) is 13.8 Å². The number of nitrogens with one attached hydrogen (secondary N) is 2. The Morgan fingerprint density at radius 3 is 1.94 bits per heavy atom. The van der Waals surface area contributed by atoms with E-state index in [4.69, 9.17) is 0 Å². The first-order valence-electron chi connectivity index (χ1n) is 7.23. The molecule has 0 aromatic carbocycles. The van der Waals surface area contributed by atoms with Gasteiger partial charge in [0.2, 0.25) is 0 Å². The Kier molecular flexibility index (Phi) is 8.61. The molecule has 1 fully saturated rings. The van der Waals surface area contributed by atoms with Crippen LogP contribution in [-0.2, 0) is 0 Å². The van der Waals surface area contributed by atoms with Gasteiger partial charge in [-0.05, 0) is 19.5 Å². The normalized spacial score (nSPS) is 18.7. The third kappa shape index (κ3) is 6.99. The standard InChI is InChI=1S/C13H30N4/c1-3-8-16-10-12-17(13-11-16)9-7-15-6-5-14-4-2/h14-15H,3-13H2,1-2H3. The number of piperazine rings is 1. The zero-order valence-corrected chi connectivity index (χ0v) is 11.7. The SMILES string of the molecule is CCCN1CCN(CCNCCNCC)CC1. The first-order chi connectivity index (χ1) is 8.36. The molecule has 0 aliphatic carbocycles. The Labute approximate surface area is 107 Å². The van der Waals surface area contributed by atoms with Gasteiger partial charge in [-0.25, -0.2) is 0 Å². The lowest BCUT2D eigenvalue weighted by Crippen LogP contribution is -2.48. The van der Waals surface area contributed by atoms with E-state index < -0.39 is 0 Å². The van der Waals surface area contributed by atoms with E-state index in [0.29, 0.717) is 0 Å². The van der Waals surface area contributed by atoms with E-state index in [1.54, 1.807) is 0 Å². The average molecular weight is 242 g/mol. The molecule has 0 atom stereocenters. The first kappa shape index (κ1) is 14.9. The Hall–Kier alpha value is -0.160. The molecule has 0 bridgehead atoms. The fourth-order valence-corrected chi connectivity index (χ4v) is 2.27. The zero-order chi connectivity index (χ0) is 12.3. The van der Waals surface area contributed by atoms with Crippen molar-refractivity contribution in [1.82, 2.24) is 20.4 Å². The third-order valence-electron chi connectivity index (χ3n) is 3.34. The van der Waals surface area contributed by atoms with Gasteiger partial charge in [0, 0.05) is 52.4 Å². The summed E-state index contributed by atoms with van der Waals surface area (Å²) in [6, 6.07) is 0. The Morgan fingerprint density at radius 2 is 1.35 bits per heavy atom. The van der Waals surface area contributed by atoms with Gasteiger partial charge < -0.3 is 15.5 Å². The third-order valence-corrected chi connectivity index (χ3v) is 3.34. The summed E-state index contributed by atoms with van der Waals surface area (Å²) < 4.78 is 0. The van der Waals surface area contributed by atoms with E-state index >= 15 is 0 Å². The summed E-state index contributed by atoms with van der Waals surface area (Å²) in [5, 5.41) is 6.81. The van der Waals surface area contributed by atoms with Gasteiger partial charge in [0.1, 0.15) is 0 Å². The second kappa shape index (κ2) is 9.83. The van der Waals surface area contributed by atoms with E-state index in [0.717, 1.165) is 26.2 Å². The molecule has 4 nitrogen and oxygen atoms in total. The lowest BCUT2D eigenvalue weighted by molar-refractivity contribution is 0.133. The maximum atomic E-state index is 3.49. The van der Waals surface area contributed by atoms with Crippen LogP contribution in [0.4, 0.5) is 0 Å². The minimum atomic E-state index is 1.07. The summed E-state index contributed by atoms with van der Waals surface area (Å²) in [5.41, 5.74) is 0. The largest absolute Gasteiger partial charge is 0.316 e. The monoisotopic (exact) mass is 242 g/mol. The topological polar surface area (TPSA) is 30.5 Å². The molecule has 0 aromatic heterocycles. The van der Waals surface area contributed by atoms with Crippen LogP contribution in [0.25, 0.3) is 0 Å². The van der Waals surface area contributed by atoms with Crippen molar-refractivity contribution < 1.29 is 0 Å². The molecule has 1 rings (SSSR count). The van der Waals surface area contributed by atoms with Gasteiger partial charge in [-0.2, -0.15) is 0 Å². The molecule has 0 aromatic rings.